The Labute approximate surface area is 162 Å². The van der Waals surface area contributed by atoms with Gasteiger partial charge in [0, 0.05) is 18.2 Å². The minimum Gasteiger partial charge on any atom is -0.353 e. The molecule has 1 N–H and O–H groups in total. The van der Waals surface area contributed by atoms with E-state index in [4.69, 9.17) is 18.9 Å². The van der Waals surface area contributed by atoms with E-state index in [1.54, 1.807) is 24.3 Å². The first kappa shape index (κ1) is 18.8. The molecule has 0 unspecified atom stereocenters. The van der Waals surface area contributed by atoms with Gasteiger partial charge in [-0.15, -0.1) is 0 Å². The molecule has 2 aromatic carbocycles. The van der Waals surface area contributed by atoms with Crippen LogP contribution in [-0.2, 0) is 23.7 Å². The van der Waals surface area contributed by atoms with Gasteiger partial charge in [-0.25, -0.2) is 0 Å². The van der Waals surface area contributed by atoms with Crippen molar-refractivity contribution < 1.29 is 28.5 Å². The molecule has 0 spiro atoms. The van der Waals surface area contributed by atoms with Crippen molar-refractivity contribution in [3.63, 3.8) is 0 Å². The van der Waals surface area contributed by atoms with E-state index in [2.05, 4.69) is 5.32 Å². The van der Waals surface area contributed by atoms with Crippen molar-refractivity contribution in [1.82, 2.24) is 5.32 Å². The van der Waals surface area contributed by atoms with E-state index in [1.807, 2.05) is 36.4 Å². The van der Waals surface area contributed by atoms with E-state index in [1.165, 1.54) is 7.11 Å². The normalized spacial score (nSPS) is 29.8. The molecule has 0 aliphatic carbocycles. The molecule has 0 radical (unpaired) electrons. The Kier molecular flexibility index (Phi) is 5.50. The number of carbonyl (C=O) groups is 2. The van der Waals surface area contributed by atoms with Crippen LogP contribution in [-0.4, -0.2) is 49.9 Å². The number of hydrogen-bond donors (Lipinski definition) is 1. The van der Waals surface area contributed by atoms with Gasteiger partial charge in [0.05, 0.1) is 6.61 Å². The van der Waals surface area contributed by atoms with Crippen molar-refractivity contribution in [2.24, 2.45) is 0 Å². The van der Waals surface area contributed by atoms with Crippen molar-refractivity contribution >= 4 is 11.7 Å². The van der Waals surface area contributed by atoms with Crippen LogP contribution in [0.15, 0.2) is 60.7 Å². The third-order valence-corrected chi connectivity index (χ3v) is 4.81. The molecule has 4 rings (SSSR count). The summed E-state index contributed by atoms with van der Waals surface area (Å²) in [5.41, 5.74) is 1.26. The second-order valence-electron chi connectivity index (χ2n) is 6.63. The van der Waals surface area contributed by atoms with Gasteiger partial charge in [-0.2, -0.15) is 0 Å². The monoisotopic (exact) mass is 383 g/mol. The first-order chi connectivity index (χ1) is 13.7. The highest BCUT2D eigenvalue weighted by Gasteiger charge is 2.50. The van der Waals surface area contributed by atoms with Gasteiger partial charge < -0.3 is 24.3 Å². The van der Waals surface area contributed by atoms with Crippen LogP contribution in [0.3, 0.4) is 0 Å². The van der Waals surface area contributed by atoms with Crippen molar-refractivity contribution in [3.8, 4) is 0 Å². The SMILES string of the molecule is CO[C@H]1O[C@@H]2CO[C@@H](c3ccccc3)O[C@H]2C(=O)[C@H]1NC(=O)c1ccccc1. The minimum atomic E-state index is -0.978. The van der Waals surface area contributed by atoms with Gasteiger partial charge in [-0.1, -0.05) is 48.5 Å². The van der Waals surface area contributed by atoms with Crippen LogP contribution in [0.5, 0.6) is 0 Å². The van der Waals surface area contributed by atoms with Crippen LogP contribution in [0, 0.1) is 0 Å². The topological polar surface area (TPSA) is 83.1 Å². The van der Waals surface area contributed by atoms with Crippen LogP contribution in [0.1, 0.15) is 22.2 Å². The Balaban J connectivity index is 1.51. The van der Waals surface area contributed by atoms with Crippen LogP contribution < -0.4 is 5.32 Å². The van der Waals surface area contributed by atoms with Gasteiger partial charge in [0.25, 0.3) is 5.91 Å². The predicted octanol–water partition coefficient (Wildman–Crippen LogP) is 1.84. The average molecular weight is 383 g/mol. The Morgan fingerprint density at radius 1 is 1.04 bits per heavy atom. The molecule has 2 aromatic rings. The first-order valence-corrected chi connectivity index (χ1v) is 9.07. The molecule has 1 amide bonds. The third kappa shape index (κ3) is 3.70. The lowest BCUT2D eigenvalue weighted by molar-refractivity contribution is -0.302. The van der Waals surface area contributed by atoms with Crippen molar-refractivity contribution in [2.45, 2.75) is 30.8 Å². The molecule has 0 bridgehead atoms. The molecule has 146 valence electrons. The fourth-order valence-corrected chi connectivity index (χ4v) is 3.38. The molecule has 2 heterocycles. The molecule has 2 aliphatic heterocycles. The van der Waals surface area contributed by atoms with E-state index < -0.39 is 30.8 Å². The molecule has 2 saturated heterocycles. The lowest BCUT2D eigenvalue weighted by Crippen LogP contribution is -2.64. The second kappa shape index (κ2) is 8.20. The zero-order chi connectivity index (χ0) is 19.5. The van der Waals surface area contributed by atoms with Crippen molar-refractivity contribution in [1.29, 1.82) is 0 Å². The lowest BCUT2D eigenvalue weighted by Gasteiger charge is -2.43. The van der Waals surface area contributed by atoms with E-state index >= 15 is 0 Å². The van der Waals surface area contributed by atoms with Crippen molar-refractivity contribution in [3.05, 3.63) is 71.8 Å². The Hall–Kier alpha value is -2.58. The van der Waals surface area contributed by atoms with Gasteiger partial charge >= 0.3 is 0 Å². The lowest BCUT2D eigenvalue weighted by atomic mass is 9.97. The van der Waals surface area contributed by atoms with Crippen LogP contribution >= 0.6 is 0 Å². The summed E-state index contributed by atoms with van der Waals surface area (Å²) in [4.78, 5) is 25.6. The Morgan fingerprint density at radius 3 is 2.39 bits per heavy atom. The zero-order valence-corrected chi connectivity index (χ0v) is 15.3. The maximum Gasteiger partial charge on any atom is 0.252 e. The Bertz CT molecular complexity index is 827. The summed E-state index contributed by atoms with van der Waals surface area (Å²) in [6, 6.07) is 17.1. The molecular weight excluding hydrogens is 362 g/mol. The largest absolute Gasteiger partial charge is 0.353 e. The van der Waals surface area contributed by atoms with E-state index in [0.717, 1.165) is 5.56 Å². The summed E-state index contributed by atoms with van der Waals surface area (Å²) in [6.07, 6.45) is -3.03. The smallest absolute Gasteiger partial charge is 0.252 e. The molecule has 28 heavy (non-hydrogen) atoms. The van der Waals surface area contributed by atoms with E-state index in [0.29, 0.717) is 5.56 Å². The number of benzene rings is 2. The highest BCUT2D eigenvalue weighted by molar-refractivity contribution is 5.99. The third-order valence-electron chi connectivity index (χ3n) is 4.81. The number of rotatable bonds is 4. The van der Waals surface area contributed by atoms with Gasteiger partial charge in [0.2, 0.25) is 0 Å². The number of carbonyl (C=O) groups excluding carboxylic acids is 2. The molecule has 5 atom stereocenters. The summed E-state index contributed by atoms with van der Waals surface area (Å²) < 4.78 is 22.8. The maximum absolute atomic E-state index is 13.1. The molecule has 2 aliphatic rings. The van der Waals surface area contributed by atoms with Gasteiger partial charge in [0.1, 0.15) is 18.2 Å². The predicted molar refractivity (Wildman–Crippen MR) is 98.4 cm³/mol. The van der Waals surface area contributed by atoms with Crippen LogP contribution in [0.2, 0.25) is 0 Å². The number of ketones is 1. The van der Waals surface area contributed by atoms with Gasteiger partial charge in [-0.05, 0) is 12.1 Å². The summed E-state index contributed by atoms with van der Waals surface area (Å²) in [5.74, 6) is -0.675. The molecule has 7 heteroatoms. The molecule has 7 nitrogen and oxygen atoms in total. The number of fused-ring (bicyclic) bond motifs is 1. The summed E-state index contributed by atoms with van der Waals surface area (Å²) in [5, 5.41) is 2.71. The molecule has 0 saturated carbocycles. The fraction of sp³-hybridized carbons (Fsp3) is 0.333. The molecule has 0 aromatic heterocycles. The standard InChI is InChI=1S/C21H21NO6/c1-25-21-16(22-19(24)13-8-4-2-5-9-13)17(23)18-15(27-21)12-26-20(28-18)14-10-6-3-7-11-14/h2-11,15-16,18,20-21H,12H2,1H3,(H,22,24)/t15-,16-,18-,20-,21+/m1/s1. The van der Waals surface area contributed by atoms with Crippen LogP contribution in [0.4, 0.5) is 0 Å². The van der Waals surface area contributed by atoms with E-state index in [-0.39, 0.29) is 18.3 Å². The highest BCUT2D eigenvalue weighted by atomic mass is 16.7. The summed E-state index contributed by atoms with van der Waals surface area (Å²) >= 11 is 0. The number of ether oxygens (including phenoxy) is 4. The fourth-order valence-electron chi connectivity index (χ4n) is 3.38. The second-order valence-corrected chi connectivity index (χ2v) is 6.63. The summed E-state index contributed by atoms with van der Waals surface area (Å²) in [6.45, 7) is 0.190. The quantitative estimate of drug-likeness (QED) is 0.868. The molecule has 2 fully saturated rings. The maximum atomic E-state index is 13.1. The number of nitrogens with one attached hydrogen (secondary N) is 1. The number of Topliss-reactive ketones (excluding diaryl/α,β-unsaturated/α-hetero) is 1. The summed E-state index contributed by atoms with van der Waals surface area (Å²) in [7, 11) is 1.43. The van der Waals surface area contributed by atoms with Gasteiger partial charge in [0.15, 0.2) is 18.4 Å². The zero-order valence-electron chi connectivity index (χ0n) is 15.3. The van der Waals surface area contributed by atoms with Crippen molar-refractivity contribution in [2.75, 3.05) is 13.7 Å². The Morgan fingerprint density at radius 2 is 1.71 bits per heavy atom. The average Bonchev–Trinajstić information content (AvgIpc) is 2.76. The highest BCUT2D eigenvalue weighted by Crippen LogP contribution is 2.32. The minimum absolute atomic E-state index is 0.190. The number of methoxy groups -OCH3 is 1. The van der Waals surface area contributed by atoms with Crippen LogP contribution in [0.25, 0.3) is 0 Å². The molecular formula is C21H21NO6. The number of amides is 1. The van der Waals surface area contributed by atoms with E-state index in [9.17, 15) is 9.59 Å². The first-order valence-electron chi connectivity index (χ1n) is 9.07. The number of hydrogen-bond acceptors (Lipinski definition) is 6. The van der Waals surface area contributed by atoms with Gasteiger partial charge in [-0.3, -0.25) is 9.59 Å².